The van der Waals surface area contributed by atoms with Gasteiger partial charge >= 0.3 is 11.4 Å². The number of aromatic amines is 1. The Morgan fingerprint density at radius 2 is 1.68 bits per heavy atom. The van der Waals surface area contributed by atoms with Gasteiger partial charge < -0.3 is 13.7 Å². The Morgan fingerprint density at radius 3 is 2.40 bits per heavy atom. The second-order valence-corrected chi connectivity index (χ2v) is 19.3. The number of aromatic nitrogens is 9. The number of hydrogen-bond donors (Lipinski definition) is 1. The number of aryl methyl sites for hydroxylation is 3. The molecule has 9 aromatic rings. The molecule has 1 aliphatic carbocycles. The second kappa shape index (κ2) is 14.5. The number of H-pyrrole nitrogens is 1. The number of benzene rings is 3. The highest BCUT2D eigenvalue weighted by molar-refractivity contribution is 6.10. The fourth-order valence-electron chi connectivity index (χ4n) is 11.1. The number of imidazole rings is 1. The summed E-state index contributed by atoms with van der Waals surface area (Å²) in [7, 11) is 1.71. The van der Waals surface area contributed by atoms with E-state index in [4.69, 9.17) is 18.8 Å². The zero-order valence-corrected chi connectivity index (χ0v) is 38.3. The van der Waals surface area contributed by atoms with Crippen LogP contribution < -0.4 is 16.3 Å². The number of carbonyl (C=O) groups excluding carboxylic acids is 1. The molecule has 4 atom stereocenters. The minimum atomic E-state index is -0.935. The van der Waals surface area contributed by atoms with Gasteiger partial charge in [-0.25, -0.2) is 23.1 Å². The molecule has 1 N–H and O–H groups in total. The first kappa shape index (κ1) is 41.8. The number of fused-ring (bicyclic) bond motifs is 5. The molecule has 1 saturated carbocycles. The number of nitrogens with one attached hydrogen (secondary N) is 1. The molecule has 8 heterocycles. The molecule has 12 rings (SSSR count). The number of rotatable bonds is 7. The Balaban J connectivity index is 1.06. The fraction of sp³-hybridized carbons (Fsp3) is 0.320. The molecule has 346 valence electrons. The Bertz CT molecular complexity index is 3680. The maximum absolute atomic E-state index is 16.3. The molecule has 1 amide bonds. The number of ether oxygens (including phenoxy) is 1. The number of amides is 1. The summed E-state index contributed by atoms with van der Waals surface area (Å²) in [5, 5.41) is 14.6. The maximum atomic E-state index is 16.3. The molecule has 0 spiro atoms. The summed E-state index contributed by atoms with van der Waals surface area (Å²) >= 11 is 0. The lowest BCUT2D eigenvalue weighted by Crippen LogP contribution is -2.39. The van der Waals surface area contributed by atoms with E-state index in [-0.39, 0.29) is 46.0 Å². The third-order valence-electron chi connectivity index (χ3n) is 14.5. The van der Waals surface area contributed by atoms with E-state index in [1.807, 2.05) is 30.5 Å². The molecule has 6 aromatic heterocycles. The highest BCUT2D eigenvalue weighted by Gasteiger charge is 2.59. The van der Waals surface area contributed by atoms with Gasteiger partial charge in [0.1, 0.15) is 22.7 Å². The number of nitrogens with zero attached hydrogens (tertiary/aromatic N) is 9. The minimum Gasteiger partial charge on any atom is -0.448 e. The van der Waals surface area contributed by atoms with Crippen LogP contribution in [0.5, 0.6) is 0 Å². The smallest absolute Gasteiger partial charge is 0.438 e. The van der Waals surface area contributed by atoms with Gasteiger partial charge in [0.2, 0.25) is 5.88 Å². The van der Waals surface area contributed by atoms with Crippen molar-refractivity contribution in [3.05, 3.63) is 146 Å². The summed E-state index contributed by atoms with van der Waals surface area (Å²) in [6, 6.07) is 15.5. The first-order valence-corrected chi connectivity index (χ1v) is 22.6. The standard InChI is InChI=1S/C50H46F2N10O6/c1-25-18-32(19-26(2)40(25)51)62-43(59-15-14-58(48(59)65)37-11-10-36-34(41(37)52)24-53-57(36)7)39-28(4)60(45-33(13-16-66-45)42(39)55-62)44(63)38-21-31-20-29(30-12-17-67-49(5,6)23-30)8-9-35(31)61(38)50(22-27(50)3)46-54-47(64)68-56-46/h8-11,13-16,18-21,24,27-28,30H,12,17,22-23H2,1-7H3,(H,54,56,64)/t27-,28-,30-,50-/m0/s1. The normalized spacial score (nSPS) is 20.9. The van der Waals surface area contributed by atoms with Crippen molar-refractivity contribution in [3.8, 4) is 28.5 Å². The molecule has 3 aromatic carbocycles. The molecule has 18 heteroatoms. The van der Waals surface area contributed by atoms with E-state index < -0.39 is 34.8 Å². The van der Waals surface area contributed by atoms with Gasteiger partial charge in [-0.2, -0.15) is 10.2 Å². The lowest BCUT2D eigenvalue weighted by Gasteiger charge is -2.35. The van der Waals surface area contributed by atoms with Crippen LogP contribution in [0.25, 0.3) is 50.3 Å². The van der Waals surface area contributed by atoms with Crippen molar-refractivity contribution in [1.82, 2.24) is 43.4 Å². The summed E-state index contributed by atoms with van der Waals surface area (Å²) in [4.78, 5) is 47.7. The van der Waals surface area contributed by atoms with Crippen LogP contribution in [0, 0.1) is 31.4 Å². The predicted octanol–water partition coefficient (Wildman–Crippen LogP) is 8.66. The molecule has 3 aliphatic rings. The highest BCUT2D eigenvalue weighted by Crippen LogP contribution is 2.57. The summed E-state index contributed by atoms with van der Waals surface area (Å²) in [5.74, 6) is -1.18. The van der Waals surface area contributed by atoms with Crippen molar-refractivity contribution in [2.75, 3.05) is 11.5 Å². The molecule has 2 fully saturated rings. The van der Waals surface area contributed by atoms with E-state index in [1.165, 1.54) is 40.1 Å². The summed E-state index contributed by atoms with van der Waals surface area (Å²) in [6.07, 6.45) is 8.15. The average molecular weight is 921 g/mol. The molecule has 68 heavy (non-hydrogen) atoms. The fourth-order valence-corrected chi connectivity index (χ4v) is 11.1. The number of furan rings is 1. The monoisotopic (exact) mass is 920 g/mol. The third-order valence-corrected chi connectivity index (χ3v) is 14.5. The first-order chi connectivity index (χ1) is 32.6. The molecule has 0 unspecified atom stereocenters. The quantitative estimate of drug-likeness (QED) is 0.164. The molecule has 0 bridgehead atoms. The van der Waals surface area contributed by atoms with E-state index in [0.717, 1.165) is 29.3 Å². The van der Waals surface area contributed by atoms with Crippen molar-refractivity contribution in [2.24, 2.45) is 13.0 Å². The van der Waals surface area contributed by atoms with Gasteiger partial charge in [-0.05, 0) is 131 Å². The van der Waals surface area contributed by atoms with Crippen molar-refractivity contribution < 1.29 is 27.3 Å². The van der Waals surface area contributed by atoms with Crippen molar-refractivity contribution >= 4 is 33.6 Å². The van der Waals surface area contributed by atoms with Gasteiger partial charge in [-0.15, -0.1) is 0 Å². The third kappa shape index (κ3) is 5.91. The molecule has 1 saturated heterocycles. The van der Waals surface area contributed by atoms with E-state index in [9.17, 15) is 9.59 Å². The van der Waals surface area contributed by atoms with Gasteiger partial charge in [-0.1, -0.05) is 18.1 Å². The van der Waals surface area contributed by atoms with Crippen LogP contribution in [0.4, 0.5) is 14.7 Å². The summed E-state index contributed by atoms with van der Waals surface area (Å²) in [6.45, 7) is 12.0. The predicted molar refractivity (Wildman–Crippen MR) is 247 cm³/mol. The van der Waals surface area contributed by atoms with Crippen molar-refractivity contribution in [2.45, 2.75) is 83.9 Å². The summed E-state index contributed by atoms with van der Waals surface area (Å²) < 4.78 is 56.5. The SMILES string of the molecule is Cc1cc(-n2nc3c(c2-n2ccn(-c4ccc5c(cnn5C)c4F)c2=O)[C@H](C)N(C(=O)c2cc4cc([C@H]5CCOC(C)(C)C5)ccc4n2[C@@]2(c4noc(=O)[nH]4)C[C@@H]2C)c2occc2-3)cc(C)c1F. The highest BCUT2D eigenvalue weighted by atomic mass is 19.1. The Labute approximate surface area is 385 Å². The van der Waals surface area contributed by atoms with Crippen LogP contribution in [0.3, 0.4) is 0 Å². The maximum Gasteiger partial charge on any atom is 0.438 e. The molecular weight excluding hydrogens is 875 g/mol. The van der Waals surface area contributed by atoms with E-state index in [2.05, 4.69) is 41.2 Å². The first-order valence-electron chi connectivity index (χ1n) is 22.6. The Morgan fingerprint density at radius 1 is 0.926 bits per heavy atom. The van der Waals surface area contributed by atoms with Crippen LogP contribution in [-0.4, -0.2) is 61.5 Å². The van der Waals surface area contributed by atoms with Gasteiger partial charge in [0.25, 0.3) is 5.91 Å². The van der Waals surface area contributed by atoms with Crippen molar-refractivity contribution in [1.29, 1.82) is 0 Å². The molecule has 0 radical (unpaired) electrons. The van der Waals surface area contributed by atoms with Crippen LogP contribution in [0.1, 0.15) is 97.5 Å². The van der Waals surface area contributed by atoms with E-state index in [0.29, 0.717) is 63.7 Å². The van der Waals surface area contributed by atoms with Crippen LogP contribution in [-0.2, 0) is 17.3 Å². The average Bonchev–Trinajstić information content (AvgIpc) is 4.06. The Kier molecular flexibility index (Phi) is 8.88. The lowest BCUT2D eigenvalue weighted by atomic mass is 9.83. The lowest BCUT2D eigenvalue weighted by molar-refractivity contribution is -0.0592. The summed E-state index contributed by atoms with van der Waals surface area (Å²) in [5.41, 5.74) is 3.49. The number of anilines is 1. The minimum absolute atomic E-state index is 0.0119. The van der Waals surface area contributed by atoms with Crippen molar-refractivity contribution in [3.63, 3.8) is 0 Å². The zero-order chi connectivity index (χ0) is 47.3. The van der Waals surface area contributed by atoms with E-state index >= 15 is 13.6 Å². The molecule has 2 aliphatic heterocycles. The van der Waals surface area contributed by atoms with Crippen LogP contribution in [0.2, 0.25) is 0 Å². The molecule has 16 nitrogen and oxygen atoms in total. The van der Waals surface area contributed by atoms with Crippen LogP contribution in [0.15, 0.2) is 98.0 Å². The van der Waals surface area contributed by atoms with Gasteiger partial charge in [0, 0.05) is 42.5 Å². The van der Waals surface area contributed by atoms with Gasteiger partial charge in [0.05, 0.1) is 51.9 Å². The van der Waals surface area contributed by atoms with Crippen LogP contribution >= 0.6 is 0 Å². The Hall–Kier alpha value is -7.60. The van der Waals surface area contributed by atoms with Gasteiger partial charge in [-0.3, -0.25) is 33.0 Å². The topological polar surface area (TPSA) is 169 Å². The largest absolute Gasteiger partial charge is 0.448 e. The number of hydrogen-bond acceptors (Lipinski definition) is 9. The number of halogens is 2. The van der Waals surface area contributed by atoms with E-state index in [1.54, 1.807) is 59.4 Å². The number of carbonyl (C=O) groups is 1. The second-order valence-electron chi connectivity index (χ2n) is 19.3. The zero-order valence-electron chi connectivity index (χ0n) is 38.3. The van der Waals surface area contributed by atoms with Gasteiger partial charge in [0.15, 0.2) is 17.5 Å². The molecular formula is C50H46F2N10O6.